The van der Waals surface area contributed by atoms with Gasteiger partial charge in [-0.15, -0.1) is 0 Å². The molecule has 2 aromatic carbocycles. The number of benzene rings is 2. The molecule has 0 aromatic heterocycles. The molecule has 2 rings (SSSR count). The first kappa shape index (κ1) is 15.8. The van der Waals surface area contributed by atoms with Crippen LogP contribution < -0.4 is 5.32 Å². The first-order chi connectivity index (χ1) is 10.4. The van der Waals surface area contributed by atoms with Crippen LogP contribution in [0.15, 0.2) is 36.4 Å². The Morgan fingerprint density at radius 2 is 1.55 bits per heavy atom. The molecule has 0 atom stereocenters. The van der Waals surface area contributed by atoms with E-state index in [-0.39, 0.29) is 17.7 Å². The molecule has 3 nitrogen and oxygen atoms in total. The van der Waals surface area contributed by atoms with Crippen molar-refractivity contribution in [3.05, 3.63) is 64.7 Å². The molecule has 0 aliphatic heterocycles. The van der Waals surface area contributed by atoms with Gasteiger partial charge in [0.25, 0.3) is 5.91 Å². The van der Waals surface area contributed by atoms with Crippen LogP contribution in [0.1, 0.15) is 16.7 Å². The molecule has 0 spiro atoms. The summed E-state index contributed by atoms with van der Waals surface area (Å²) in [6, 6.07) is 8.73. The Labute approximate surface area is 127 Å². The average molecular weight is 303 g/mol. The molecule has 2 aromatic rings. The number of rotatable bonds is 4. The smallest absolute Gasteiger partial charge is 0.292 e. The molecule has 0 bridgehead atoms. The maximum atomic E-state index is 13.7. The number of amides is 1. The molecular weight excluding hydrogens is 288 g/mol. The number of anilines is 1. The van der Waals surface area contributed by atoms with Crippen molar-refractivity contribution < 1.29 is 18.4 Å². The summed E-state index contributed by atoms with van der Waals surface area (Å²) in [5.74, 6) is -2.95. The summed E-state index contributed by atoms with van der Waals surface area (Å²) in [7, 11) is 0. The number of carbonyl (C=O) groups is 2. The second-order valence-electron chi connectivity index (χ2n) is 5.02. The number of hydrogen-bond acceptors (Lipinski definition) is 2. The van der Waals surface area contributed by atoms with Gasteiger partial charge in [-0.1, -0.05) is 24.3 Å². The summed E-state index contributed by atoms with van der Waals surface area (Å²) < 4.78 is 27.3. The third kappa shape index (κ3) is 3.36. The van der Waals surface area contributed by atoms with Crippen LogP contribution in [0.2, 0.25) is 0 Å². The maximum absolute atomic E-state index is 13.7. The molecule has 0 radical (unpaired) electrons. The van der Waals surface area contributed by atoms with Crippen LogP contribution in [-0.4, -0.2) is 11.7 Å². The lowest BCUT2D eigenvalue weighted by atomic mass is 10.0. The number of para-hydroxylation sites is 1. The van der Waals surface area contributed by atoms with Crippen molar-refractivity contribution in [2.24, 2.45) is 0 Å². The van der Waals surface area contributed by atoms with Gasteiger partial charge in [0.15, 0.2) is 0 Å². The van der Waals surface area contributed by atoms with E-state index in [9.17, 15) is 18.4 Å². The molecule has 114 valence electrons. The summed E-state index contributed by atoms with van der Waals surface area (Å²) in [6.07, 6.45) is -0.363. The van der Waals surface area contributed by atoms with Crippen molar-refractivity contribution in [1.82, 2.24) is 0 Å². The summed E-state index contributed by atoms with van der Waals surface area (Å²) in [5.41, 5.74) is 1.23. The molecule has 0 aliphatic rings. The van der Waals surface area contributed by atoms with Crippen LogP contribution in [-0.2, 0) is 16.0 Å². The second kappa shape index (κ2) is 6.47. The fraction of sp³-hybridized carbons (Fsp3) is 0.176. The Morgan fingerprint density at radius 1 is 0.955 bits per heavy atom. The number of nitrogens with one attached hydrogen (secondary N) is 1. The lowest BCUT2D eigenvalue weighted by molar-refractivity contribution is -0.134. The Morgan fingerprint density at radius 3 is 2.14 bits per heavy atom. The van der Waals surface area contributed by atoms with Crippen molar-refractivity contribution in [3.63, 3.8) is 0 Å². The van der Waals surface area contributed by atoms with Crippen LogP contribution in [0.5, 0.6) is 0 Å². The molecule has 1 amide bonds. The predicted molar refractivity (Wildman–Crippen MR) is 79.6 cm³/mol. The topological polar surface area (TPSA) is 46.2 Å². The van der Waals surface area contributed by atoms with Crippen molar-refractivity contribution in [2.45, 2.75) is 20.3 Å². The minimum absolute atomic E-state index is 0.0360. The number of Topliss-reactive ketones (excluding diaryl/α,β-unsaturated/α-hetero) is 1. The lowest BCUT2D eigenvalue weighted by Gasteiger charge is -2.10. The highest BCUT2D eigenvalue weighted by molar-refractivity contribution is 6.41. The quantitative estimate of drug-likeness (QED) is 0.881. The van der Waals surface area contributed by atoms with Gasteiger partial charge in [0.2, 0.25) is 5.78 Å². The van der Waals surface area contributed by atoms with Gasteiger partial charge in [0.1, 0.15) is 11.6 Å². The fourth-order valence-corrected chi connectivity index (χ4v) is 2.10. The summed E-state index contributed by atoms with van der Waals surface area (Å²) in [5, 5.41) is 2.25. The number of carbonyl (C=O) groups excluding carboxylic acids is 2. The SMILES string of the molecule is Cc1cccc(F)c1CC(=O)C(=O)Nc1c(C)cccc1F. The van der Waals surface area contributed by atoms with E-state index < -0.39 is 23.3 Å². The third-order valence-corrected chi connectivity index (χ3v) is 3.40. The van der Waals surface area contributed by atoms with Crippen LogP contribution in [0.3, 0.4) is 0 Å². The van der Waals surface area contributed by atoms with Gasteiger partial charge in [-0.3, -0.25) is 9.59 Å². The van der Waals surface area contributed by atoms with Crippen molar-refractivity contribution in [3.8, 4) is 0 Å². The highest BCUT2D eigenvalue weighted by Gasteiger charge is 2.19. The molecule has 0 saturated heterocycles. The van der Waals surface area contributed by atoms with Crippen LogP contribution >= 0.6 is 0 Å². The Kier molecular flexibility index (Phi) is 4.65. The molecule has 22 heavy (non-hydrogen) atoms. The molecular formula is C17H15F2NO2. The van der Waals surface area contributed by atoms with Gasteiger partial charge in [-0.2, -0.15) is 0 Å². The van der Waals surface area contributed by atoms with E-state index in [1.807, 2.05) is 0 Å². The number of ketones is 1. The summed E-state index contributed by atoms with van der Waals surface area (Å²) in [4.78, 5) is 23.8. The van der Waals surface area contributed by atoms with E-state index in [1.54, 1.807) is 26.0 Å². The molecule has 1 N–H and O–H groups in total. The van der Waals surface area contributed by atoms with Crippen LogP contribution in [0, 0.1) is 25.5 Å². The Hall–Kier alpha value is -2.56. The number of aryl methyl sites for hydroxylation is 2. The molecule has 0 heterocycles. The van der Waals surface area contributed by atoms with Crippen molar-refractivity contribution in [2.75, 3.05) is 5.32 Å². The fourth-order valence-electron chi connectivity index (χ4n) is 2.10. The summed E-state index contributed by atoms with van der Waals surface area (Å²) >= 11 is 0. The van der Waals surface area contributed by atoms with E-state index in [4.69, 9.17) is 0 Å². The molecule has 5 heteroatoms. The van der Waals surface area contributed by atoms with E-state index in [0.29, 0.717) is 11.1 Å². The molecule has 0 fully saturated rings. The minimum atomic E-state index is -0.962. The van der Waals surface area contributed by atoms with E-state index in [2.05, 4.69) is 5.32 Å². The van der Waals surface area contributed by atoms with Gasteiger partial charge in [-0.25, -0.2) is 8.78 Å². The lowest BCUT2D eigenvalue weighted by Crippen LogP contribution is -2.26. The first-order valence-corrected chi connectivity index (χ1v) is 6.73. The zero-order valence-electron chi connectivity index (χ0n) is 12.2. The van der Waals surface area contributed by atoms with E-state index in [1.165, 1.54) is 24.3 Å². The monoisotopic (exact) mass is 303 g/mol. The number of halogens is 2. The third-order valence-electron chi connectivity index (χ3n) is 3.40. The zero-order chi connectivity index (χ0) is 16.3. The standard InChI is InChI=1S/C17H15F2NO2/c1-10-5-3-7-13(18)12(10)9-15(21)17(22)20-16-11(2)6-4-8-14(16)19/h3-8H,9H2,1-2H3,(H,20,22). The van der Waals surface area contributed by atoms with Gasteiger partial charge >= 0.3 is 0 Å². The minimum Gasteiger partial charge on any atom is -0.317 e. The Bertz CT molecular complexity index is 637. The predicted octanol–water partition coefficient (Wildman–Crippen LogP) is 3.33. The summed E-state index contributed by atoms with van der Waals surface area (Å²) in [6.45, 7) is 3.27. The second-order valence-corrected chi connectivity index (χ2v) is 5.02. The van der Waals surface area contributed by atoms with Gasteiger partial charge in [-0.05, 0) is 42.7 Å². The Balaban J connectivity index is 2.15. The van der Waals surface area contributed by atoms with Crippen molar-refractivity contribution in [1.29, 1.82) is 0 Å². The van der Waals surface area contributed by atoms with Crippen LogP contribution in [0.4, 0.5) is 14.5 Å². The zero-order valence-corrected chi connectivity index (χ0v) is 12.2. The molecule has 0 saturated carbocycles. The first-order valence-electron chi connectivity index (χ1n) is 6.73. The van der Waals surface area contributed by atoms with Gasteiger partial charge < -0.3 is 5.32 Å². The average Bonchev–Trinajstić information content (AvgIpc) is 2.46. The van der Waals surface area contributed by atoms with Gasteiger partial charge in [0.05, 0.1) is 5.69 Å². The van der Waals surface area contributed by atoms with Crippen LogP contribution in [0.25, 0.3) is 0 Å². The molecule has 0 unspecified atom stereocenters. The molecule has 0 aliphatic carbocycles. The largest absolute Gasteiger partial charge is 0.317 e. The van der Waals surface area contributed by atoms with E-state index in [0.717, 1.165) is 0 Å². The van der Waals surface area contributed by atoms with Crippen molar-refractivity contribution >= 4 is 17.4 Å². The maximum Gasteiger partial charge on any atom is 0.292 e. The normalized spacial score (nSPS) is 10.4. The van der Waals surface area contributed by atoms with E-state index >= 15 is 0 Å². The highest BCUT2D eigenvalue weighted by Crippen LogP contribution is 2.19. The van der Waals surface area contributed by atoms with Gasteiger partial charge in [0, 0.05) is 6.42 Å². The highest BCUT2D eigenvalue weighted by atomic mass is 19.1. The number of hydrogen-bond donors (Lipinski definition) is 1.